The highest BCUT2D eigenvalue weighted by Gasteiger charge is 2.29. The first-order valence-electron chi connectivity index (χ1n) is 12.0. The Morgan fingerprint density at radius 2 is 1.88 bits per heavy atom. The van der Waals surface area contributed by atoms with Gasteiger partial charge in [0.1, 0.15) is 11.4 Å². The Morgan fingerprint density at radius 3 is 2.58 bits per heavy atom. The van der Waals surface area contributed by atoms with Crippen LogP contribution in [0.25, 0.3) is 16.2 Å². The molecule has 2 aromatic heterocycles. The highest BCUT2D eigenvalue weighted by molar-refractivity contribution is 7.20. The van der Waals surface area contributed by atoms with Crippen molar-refractivity contribution >= 4 is 33.2 Å². The fourth-order valence-corrected chi connectivity index (χ4v) is 5.78. The van der Waals surface area contributed by atoms with Crippen LogP contribution in [0.5, 0.6) is 5.75 Å². The summed E-state index contributed by atoms with van der Waals surface area (Å²) in [6.45, 7) is 3.86. The number of nitrogens with one attached hydrogen (secondary N) is 1. The lowest BCUT2D eigenvalue weighted by molar-refractivity contribution is -0.148. The highest BCUT2D eigenvalue weighted by atomic mass is 32.1. The van der Waals surface area contributed by atoms with Crippen molar-refractivity contribution < 1.29 is 14.6 Å². The van der Waals surface area contributed by atoms with E-state index < -0.39 is 0 Å². The van der Waals surface area contributed by atoms with E-state index in [1.54, 1.807) is 23.5 Å². The number of imidazole rings is 1. The number of fused-ring (bicyclic) bond motifs is 1. The Labute approximate surface area is 197 Å². The SMILES string of the molecule is CCOC(=O)C1CCN(c2nn3c(NC4CCCCC4)c(-c4ccc(O)cc4)nc3s2)CC1. The van der Waals surface area contributed by atoms with Crippen LogP contribution < -0.4 is 10.2 Å². The van der Waals surface area contributed by atoms with Crippen LogP contribution in [0.1, 0.15) is 51.9 Å². The Balaban J connectivity index is 1.41. The van der Waals surface area contributed by atoms with Crippen LogP contribution in [-0.4, -0.2) is 51.4 Å². The number of benzene rings is 1. The molecule has 0 unspecified atom stereocenters. The maximum Gasteiger partial charge on any atom is 0.309 e. The van der Waals surface area contributed by atoms with E-state index in [1.807, 2.05) is 23.6 Å². The van der Waals surface area contributed by atoms with Crippen molar-refractivity contribution in [1.82, 2.24) is 14.6 Å². The summed E-state index contributed by atoms with van der Waals surface area (Å²) in [6, 6.07) is 7.60. The molecule has 1 saturated carbocycles. The van der Waals surface area contributed by atoms with Gasteiger partial charge in [0.05, 0.1) is 12.5 Å². The van der Waals surface area contributed by atoms with Crippen LogP contribution in [0, 0.1) is 5.92 Å². The second-order valence-electron chi connectivity index (χ2n) is 8.93. The minimum atomic E-state index is -0.0800. The third kappa shape index (κ3) is 4.64. The first kappa shape index (κ1) is 22.0. The molecule has 2 aliphatic rings. The minimum Gasteiger partial charge on any atom is -0.508 e. The Morgan fingerprint density at radius 1 is 1.15 bits per heavy atom. The predicted molar refractivity (Wildman–Crippen MR) is 130 cm³/mol. The molecule has 1 saturated heterocycles. The van der Waals surface area contributed by atoms with Gasteiger partial charge in [0.2, 0.25) is 10.1 Å². The van der Waals surface area contributed by atoms with E-state index >= 15 is 0 Å². The van der Waals surface area contributed by atoms with Crippen molar-refractivity contribution in [2.24, 2.45) is 5.92 Å². The summed E-state index contributed by atoms with van der Waals surface area (Å²) >= 11 is 1.58. The predicted octanol–water partition coefficient (Wildman–Crippen LogP) is 4.69. The number of esters is 1. The molecule has 3 aromatic rings. The van der Waals surface area contributed by atoms with Gasteiger partial charge in [-0.2, -0.15) is 4.52 Å². The van der Waals surface area contributed by atoms with Crippen molar-refractivity contribution in [2.75, 3.05) is 29.9 Å². The average molecular weight is 470 g/mol. The number of hydrogen-bond acceptors (Lipinski definition) is 8. The van der Waals surface area contributed by atoms with E-state index in [-0.39, 0.29) is 17.6 Å². The molecular weight excluding hydrogens is 438 g/mol. The third-order valence-electron chi connectivity index (χ3n) is 6.67. The van der Waals surface area contributed by atoms with Crippen LogP contribution in [0.2, 0.25) is 0 Å². The van der Waals surface area contributed by atoms with Crippen LogP contribution in [0.4, 0.5) is 10.9 Å². The molecule has 3 heterocycles. The molecule has 2 N–H and O–H groups in total. The van der Waals surface area contributed by atoms with Gasteiger partial charge in [-0.3, -0.25) is 4.79 Å². The molecular formula is C24H31N5O3S. The first-order chi connectivity index (χ1) is 16.1. The molecule has 176 valence electrons. The summed E-state index contributed by atoms with van der Waals surface area (Å²) < 4.78 is 7.14. The van der Waals surface area contributed by atoms with Crippen molar-refractivity contribution in [2.45, 2.75) is 57.9 Å². The summed E-state index contributed by atoms with van der Waals surface area (Å²) in [5.41, 5.74) is 1.83. The zero-order chi connectivity index (χ0) is 22.8. The molecule has 1 aromatic carbocycles. The number of aromatic nitrogens is 3. The Hall–Kier alpha value is -2.81. The lowest BCUT2D eigenvalue weighted by atomic mass is 9.95. The van der Waals surface area contributed by atoms with Crippen molar-refractivity contribution in [3.63, 3.8) is 0 Å². The molecule has 0 spiro atoms. The topological polar surface area (TPSA) is 92.0 Å². The third-order valence-corrected chi connectivity index (χ3v) is 7.63. The van der Waals surface area contributed by atoms with E-state index in [9.17, 15) is 9.90 Å². The van der Waals surface area contributed by atoms with Crippen LogP contribution in [-0.2, 0) is 9.53 Å². The number of rotatable bonds is 6. The Kier molecular flexibility index (Phi) is 6.39. The second kappa shape index (κ2) is 9.59. The normalized spacial score (nSPS) is 18.0. The summed E-state index contributed by atoms with van der Waals surface area (Å²) in [6.07, 6.45) is 7.66. The van der Waals surface area contributed by atoms with Gasteiger partial charge in [-0.1, -0.05) is 30.6 Å². The van der Waals surface area contributed by atoms with Crippen LogP contribution >= 0.6 is 11.3 Å². The molecule has 33 heavy (non-hydrogen) atoms. The molecule has 2 fully saturated rings. The molecule has 0 bridgehead atoms. The number of phenolic OH excluding ortho intramolecular Hbond substituents is 1. The summed E-state index contributed by atoms with van der Waals surface area (Å²) in [4.78, 5) is 20.1. The van der Waals surface area contributed by atoms with Crippen molar-refractivity contribution in [3.8, 4) is 17.0 Å². The standard InChI is InChI=1S/C24H31N5O3S/c1-2-32-22(31)17-12-14-28(15-13-17)24-27-29-21(25-18-6-4-3-5-7-18)20(26-23(29)33-24)16-8-10-19(30)11-9-16/h8-11,17-18,25,30H,2-7,12-15H2,1H3. The van der Waals surface area contributed by atoms with E-state index in [2.05, 4.69) is 10.2 Å². The smallest absolute Gasteiger partial charge is 0.309 e. The van der Waals surface area contributed by atoms with Gasteiger partial charge < -0.3 is 20.1 Å². The summed E-state index contributed by atoms with van der Waals surface area (Å²) in [7, 11) is 0. The number of anilines is 2. The van der Waals surface area contributed by atoms with E-state index in [4.69, 9.17) is 14.8 Å². The van der Waals surface area contributed by atoms with Crippen LogP contribution in [0.3, 0.4) is 0 Å². The molecule has 0 radical (unpaired) electrons. The van der Waals surface area contributed by atoms with Crippen molar-refractivity contribution in [1.29, 1.82) is 0 Å². The number of carbonyl (C=O) groups excluding carboxylic acids is 1. The number of hydrogen-bond donors (Lipinski definition) is 2. The van der Waals surface area contributed by atoms with Gasteiger partial charge in [-0.15, -0.1) is 5.10 Å². The molecule has 8 nitrogen and oxygen atoms in total. The maximum atomic E-state index is 12.1. The minimum absolute atomic E-state index is 0.0186. The highest BCUT2D eigenvalue weighted by Crippen LogP contribution is 2.36. The molecule has 0 amide bonds. The Bertz CT molecular complexity index is 1100. The molecule has 1 aliphatic heterocycles. The lowest BCUT2D eigenvalue weighted by Gasteiger charge is -2.30. The van der Waals surface area contributed by atoms with Gasteiger partial charge in [0, 0.05) is 24.7 Å². The van der Waals surface area contributed by atoms with E-state index in [0.29, 0.717) is 12.6 Å². The van der Waals surface area contributed by atoms with Gasteiger partial charge in [0.15, 0.2) is 5.82 Å². The summed E-state index contributed by atoms with van der Waals surface area (Å²) in [5.74, 6) is 1.07. The number of nitrogens with zero attached hydrogens (tertiary/aromatic N) is 4. The number of ether oxygens (including phenoxy) is 1. The fraction of sp³-hybridized carbons (Fsp3) is 0.542. The quantitative estimate of drug-likeness (QED) is 0.506. The zero-order valence-corrected chi connectivity index (χ0v) is 19.8. The number of phenols is 1. The van der Waals surface area contributed by atoms with Gasteiger partial charge in [-0.25, -0.2) is 4.98 Å². The zero-order valence-electron chi connectivity index (χ0n) is 19.0. The molecule has 1 aliphatic carbocycles. The number of piperidine rings is 1. The number of carbonyl (C=O) groups is 1. The first-order valence-corrected chi connectivity index (χ1v) is 12.8. The molecule has 9 heteroatoms. The average Bonchev–Trinajstić information content (AvgIpc) is 3.40. The fourth-order valence-electron chi connectivity index (χ4n) is 4.82. The molecule has 5 rings (SSSR count). The van der Waals surface area contributed by atoms with Crippen LogP contribution in [0.15, 0.2) is 24.3 Å². The number of aromatic hydroxyl groups is 1. The van der Waals surface area contributed by atoms with E-state index in [1.165, 1.54) is 19.3 Å². The van der Waals surface area contributed by atoms with Gasteiger partial charge in [0.25, 0.3) is 0 Å². The summed E-state index contributed by atoms with van der Waals surface area (Å²) in [5, 5.41) is 19.3. The van der Waals surface area contributed by atoms with Crippen molar-refractivity contribution in [3.05, 3.63) is 24.3 Å². The maximum absolute atomic E-state index is 12.1. The second-order valence-corrected chi connectivity index (χ2v) is 9.86. The van der Waals surface area contributed by atoms with E-state index in [0.717, 1.165) is 65.9 Å². The van der Waals surface area contributed by atoms with Gasteiger partial charge in [-0.05, 0) is 56.9 Å². The molecule has 0 atom stereocenters. The van der Waals surface area contributed by atoms with Gasteiger partial charge >= 0.3 is 5.97 Å². The lowest BCUT2D eigenvalue weighted by Crippen LogP contribution is -2.37. The monoisotopic (exact) mass is 469 g/mol. The largest absolute Gasteiger partial charge is 0.508 e.